The minimum absolute atomic E-state index is 0. The molecule has 1 radical (unpaired) electrons. The van der Waals surface area contributed by atoms with Crippen LogP contribution in [0.25, 0.3) is 0 Å². The second kappa shape index (κ2) is 4.54. The third-order valence-electron chi connectivity index (χ3n) is 1.08. The Balaban J connectivity index is 0.000000810. The van der Waals surface area contributed by atoms with E-state index in [0.717, 1.165) is 5.56 Å². The molecule has 3 heteroatoms. The molecule has 0 bridgehead atoms. The molecular formula is C7H5N2Y-. The van der Waals surface area contributed by atoms with E-state index in [1.165, 1.54) is 6.20 Å². The minimum atomic E-state index is 0. The van der Waals surface area contributed by atoms with Gasteiger partial charge in [0.1, 0.15) is 0 Å². The summed E-state index contributed by atoms with van der Waals surface area (Å²) in [4.78, 5) is 3.74. The molecule has 2 nitrogen and oxygen atoms in total. The van der Waals surface area contributed by atoms with E-state index in [0.29, 0.717) is 5.56 Å². The fourth-order valence-electron chi connectivity index (χ4n) is 0.533. The molecule has 0 N–H and O–H groups in total. The van der Waals surface area contributed by atoms with E-state index in [1.54, 1.807) is 6.20 Å². The standard InChI is InChI=1S/C7H5N2.Y/c1-6-2-3-9-5-7(6)4-8;/h3,5H,1H3;/q-1;. The first-order chi connectivity index (χ1) is 4.34. The van der Waals surface area contributed by atoms with E-state index in [2.05, 4.69) is 11.1 Å². The zero-order chi connectivity index (χ0) is 6.69. The van der Waals surface area contributed by atoms with Gasteiger partial charge in [-0.15, -0.1) is 0 Å². The van der Waals surface area contributed by atoms with E-state index in [9.17, 15) is 0 Å². The number of rotatable bonds is 0. The Hall–Kier alpha value is -0.256. The monoisotopic (exact) mass is 206 g/mol. The van der Waals surface area contributed by atoms with Gasteiger partial charge in [0.2, 0.25) is 0 Å². The van der Waals surface area contributed by atoms with Gasteiger partial charge in [-0.3, -0.25) is 0 Å². The molecule has 0 fully saturated rings. The molecule has 1 aromatic rings. The van der Waals surface area contributed by atoms with Crippen LogP contribution in [0.1, 0.15) is 11.1 Å². The molecule has 10 heavy (non-hydrogen) atoms. The summed E-state index contributed by atoms with van der Waals surface area (Å²) < 4.78 is 0. The number of nitrogens with zero attached hydrogens (tertiary/aromatic N) is 2. The summed E-state index contributed by atoms with van der Waals surface area (Å²) in [6.45, 7) is 1.83. The average Bonchev–Trinajstić information content (AvgIpc) is 1.89. The average molecular weight is 206 g/mol. The van der Waals surface area contributed by atoms with Crippen molar-refractivity contribution >= 4 is 0 Å². The van der Waals surface area contributed by atoms with Crippen LogP contribution in [0.2, 0.25) is 0 Å². The number of hydrogen-bond acceptors (Lipinski definition) is 2. The van der Waals surface area contributed by atoms with Crippen LogP contribution in [-0.2, 0) is 32.7 Å². The zero-order valence-electron chi connectivity index (χ0n) is 5.63. The van der Waals surface area contributed by atoms with Gasteiger partial charge in [-0.2, -0.15) is 0 Å². The maximum atomic E-state index is 8.41. The van der Waals surface area contributed by atoms with E-state index < -0.39 is 0 Å². The normalized spacial score (nSPS) is 7.60. The van der Waals surface area contributed by atoms with Crippen LogP contribution in [0.4, 0.5) is 0 Å². The summed E-state index contributed by atoms with van der Waals surface area (Å²) in [6, 6.07) is 4.82. The van der Waals surface area contributed by atoms with Crippen LogP contribution in [0.5, 0.6) is 0 Å². The van der Waals surface area contributed by atoms with Crippen molar-refractivity contribution in [3.8, 4) is 6.07 Å². The molecule has 0 atom stereocenters. The number of pyridine rings is 1. The molecule has 0 aliphatic rings. The molecule has 1 heterocycles. The Morgan fingerprint density at radius 1 is 1.70 bits per heavy atom. The van der Waals surface area contributed by atoms with Crippen LogP contribution >= 0.6 is 0 Å². The van der Waals surface area contributed by atoms with Gasteiger partial charge in [0.25, 0.3) is 0 Å². The summed E-state index contributed by atoms with van der Waals surface area (Å²) in [6.07, 6.45) is 3.09. The number of aromatic nitrogens is 1. The van der Waals surface area contributed by atoms with Gasteiger partial charge in [-0.05, 0) is 6.20 Å². The molecule has 0 aliphatic carbocycles. The molecule has 0 saturated heterocycles. The third kappa shape index (κ3) is 2.17. The first-order valence-electron chi connectivity index (χ1n) is 2.57. The molecule has 0 aromatic carbocycles. The fourth-order valence-corrected chi connectivity index (χ4v) is 0.533. The van der Waals surface area contributed by atoms with Crippen molar-refractivity contribution in [2.75, 3.05) is 0 Å². The Labute approximate surface area is 85.2 Å². The Bertz CT molecular complexity index is 252. The van der Waals surface area contributed by atoms with Crippen LogP contribution in [0.3, 0.4) is 0 Å². The van der Waals surface area contributed by atoms with Crippen molar-refractivity contribution in [2.45, 2.75) is 6.92 Å². The molecule has 0 spiro atoms. The van der Waals surface area contributed by atoms with Crippen molar-refractivity contribution in [1.29, 1.82) is 5.26 Å². The van der Waals surface area contributed by atoms with Crippen molar-refractivity contribution in [3.63, 3.8) is 0 Å². The maximum absolute atomic E-state index is 8.41. The molecule has 47 valence electrons. The molecular weight excluding hydrogens is 201 g/mol. The smallest absolute Gasteiger partial charge is 0.000704 e. The van der Waals surface area contributed by atoms with Crippen LogP contribution < -0.4 is 0 Å². The molecule has 1 aromatic heterocycles. The molecule has 0 aliphatic heterocycles. The van der Waals surface area contributed by atoms with E-state index in [-0.39, 0.29) is 32.7 Å². The first kappa shape index (κ1) is 9.74. The van der Waals surface area contributed by atoms with E-state index in [4.69, 9.17) is 5.26 Å². The molecule has 0 amide bonds. The van der Waals surface area contributed by atoms with E-state index >= 15 is 0 Å². The number of aryl methyl sites for hydroxylation is 1. The van der Waals surface area contributed by atoms with Gasteiger partial charge in [-0.25, -0.2) is 16.9 Å². The summed E-state index contributed by atoms with van der Waals surface area (Å²) in [5, 5.41) is 8.41. The number of nitriles is 1. The zero-order valence-corrected chi connectivity index (χ0v) is 8.46. The SMILES string of the molecule is Cc1[c-]cncc1C#N.[Y]. The van der Waals surface area contributed by atoms with Gasteiger partial charge >= 0.3 is 0 Å². The van der Waals surface area contributed by atoms with Crippen molar-refractivity contribution in [2.24, 2.45) is 0 Å². The summed E-state index contributed by atoms with van der Waals surface area (Å²) in [5.41, 5.74) is 1.45. The predicted molar refractivity (Wildman–Crippen MR) is 32.5 cm³/mol. The second-order valence-electron chi connectivity index (χ2n) is 1.70. The summed E-state index contributed by atoms with van der Waals surface area (Å²) in [7, 11) is 0. The second-order valence-corrected chi connectivity index (χ2v) is 1.70. The topological polar surface area (TPSA) is 36.7 Å². The minimum Gasteiger partial charge on any atom is -0.303 e. The van der Waals surface area contributed by atoms with Crippen LogP contribution in [-0.4, -0.2) is 4.98 Å². The predicted octanol–water partition coefficient (Wildman–Crippen LogP) is 1.06. The fraction of sp³-hybridized carbons (Fsp3) is 0.143. The molecule has 0 unspecified atom stereocenters. The van der Waals surface area contributed by atoms with Crippen molar-refractivity contribution in [1.82, 2.24) is 4.98 Å². The Kier molecular flexibility index (Phi) is 4.43. The van der Waals surface area contributed by atoms with Gasteiger partial charge < -0.3 is 4.98 Å². The summed E-state index contributed by atoms with van der Waals surface area (Å²) >= 11 is 0. The molecule has 1 rings (SSSR count). The van der Waals surface area contributed by atoms with Gasteiger partial charge in [0.15, 0.2) is 0 Å². The Morgan fingerprint density at radius 3 is 2.80 bits per heavy atom. The van der Waals surface area contributed by atoms with Crippen molar-refractivity contribution in [3.05, 3.63) is 29.6 Å². The Morgan fingerprint density at radius 2 is 2.40 bits per heavy atom. The largest absolute Gasteiger partial charge is 0.303 e. The first-order valence-corrected chi connectivity index (χ1v) is 2.57. The van der Waals surface area contributed by atoms with Gasteiger partial charge in [0.05, 0.1) is 0 Å². The van der Waals surface area contributed by atoms with Gasteiger partial charge in [0, 0.05) is 38.8 Å². The van der Waals surface area contributed by atoms with Gasteiger partial charge in [-0.1, -0.05) is 18.7 Å². The quantitative estimate of drug-likeness (QED) is 0.595. The van der Waals surface area contributed by atoms with Crippen LogP contribution in [0, 0.1) is 24.3 Å². The number of hydrogen-bond donors (Lipinski definition) is 0. The van der Waals surface area contributed by atoms with E-state index in [1.807, 2.05) is 13.0 Å². The molecule has 0 saturated carbocycles. The summed E-state index contributed by atoms with van der Waals surface area (Å²) in [5.74, 6) is 0. The maximum Gasteiger partial charge on any atom is 0.000704 e. The third-order valence-corrected chi connectivity index (χ3v) is 1.08. The van der Waals surface area contributed by atoms with Crippen molar-refractivity contribution < 1.29 is 32.7 Å². The van der Waals surface area contributed by atoms with Crippen LogP contribution in [0.15, 0.2) is 12.4 Å².